The maximum atomic E-state index is 12.8. The fraction of sp³-hybridized carbons (Fsp3) is 0.111. The van der Waals surface area contributed by atoms with Gasteiger partial charge in [0.05, 0.1) is 21.8 Å². The number of para-hydroxylation sites is 1. The van der Waals surface area contributed by atoms with Gasteiger partial charge >= 0.3 is 5.97 Å². The number of aromatic carboxylic acids is 1. The van der Waals surface area contributed by atoms with E-state index in [1.807, 2.05) is 0 Å². The zero-order valence-corrected chi connectivity index (χ0v) is 15.7. The third-order valence-corrected chi connectivity index (χ3v) is 5.63. The smallest absolute Gasteiger partial charge is 0.335 e. The van der Waals surface area contributed by atoms with Gasteiger partial charge in [0.15, 0.2) is 0 Å². The monoisotopic (exact) mass is 402 g/mol. The number of carbonyl (C=O) groups is 1. The Labute approximate surface area is 160 Å². The lowest BCUT2D eigenvalue weighted by Crippen LogP contribution is -2.23. The molecule has 0 aliphatic heterocycles. The van der Waals surface area contributed by atoms with Gasteiger partial charge < -0.3 is 10.2 Å². The topological polar surface area (TPSA) is 133 Å². The zero-order valence-electron chi connectivity index (χ0n) is 14.9. The maximum Gasteiger partial charge on any atom is 0.335 e. The van der Waals surface area contributed by atoms with Crippen LogP contribution in [0.2, 0.25) is 0 Å². The van der Waals surface area contributed by atoms with Gasteiger partial charge in [-0.2, -0.15) is 0 Å². The van der Waals surface area contributed by atoms with Crippen LogP contribution in [0.5, 0.6) is 5.75 Å². The molecule has 2 aromatic carbocycles. The average Bonchev–Trinajstić information content (AvgIpc) is 2.85. The lowest BCUT2D eigenvalue weighted by atomic mass is 10.2. The molecule has 0 atom stereocenters. The van der Waals surface area contributed by atoms with Crippen molar-refractivity contribution in [1.29, 1.82) is 0 Å². The van der Waals surface area contributed by atoms with E-state index in [2.05, 4.69) is 4.72 Å². The van der Waals surface area contributed by atoms with Crippen LogP contribution in [-0.4, -0.2) is 28.9 Å². The van der Waals surface area contributed by atoms with Crippen molar-refractivity contribution < 1.29 is 23.4 Å². The summed E-state index contributed by atoms with van der Waals surface area (Å²) in [7, 11) is -2.69. The summed E-state index contributed by atoms with van der Waals surface area (Å²) in [6, 6.07) is 11.3. The number of nitrogens with one attached hydrogen (secondary N) is 1. The largest absolute Gasteiger partial charge is 0.872 e. The van der Waals surface area contributed by atoms with E-state index < -0.39 is 37.8 Å². The fourth-order valence-electron chi connectivity index (χ4n) is 2.72. The summed E-state index contributed by atoms with van der Waals surface area (Å²) in [5.74, 6) is -2.35. The van der Waals surface area contributed by atoms with Crippen LogP contribution in [0, 0.1) is 6.92 Å². The molecule has 0 amide bonds. The Balaban J connectivity index is 2.09. The number of carboxylic acids is 1. The van der Waals surface area contributed by atoms with Gasteiger partial charge in [0.1, 0.15) is 5.69 Å². The molecule has 9 nitrogen and oxygen atoms in total. The molecule has 3 aromatic rings. The number of benzene rings is 2. The van der Waals surface area contributed by atoms with Crippen molar-refractivity contribution >= 4 is 21.7 Å². The first-order valence-electron chi connectivity index (χ1n) is 8.04. The molecular formula is C18H16N3O6S-. The summed E-state index contributed by atoms with van der Waals surface area (Å²) in [6.07, 6.45) is 0. The highest BCUT2D eigenvalue weighted by Gasteiger charge is 2.23. The summed E-state index contributed by atoms with van der Waals surface area (Å²) >= 11 is 0. The SMILES string of the molecule is Cc1c(NS(=O)(=O)c2ccc([O-])c(C(=O)O)c2)c(=O)n(-c2ccccc2)n1C. The molecule has 2 N–H and O–H groups in total. The number of sulfonamides is 1. The number of aromatic nitrogens is 2. The standard InChI is InChI=1S/C18H17N3O6S/c1-11-16(17(23)21(20(11)2)12-6-4-3-5-7-12)19-28(26,27)13-8-9-15(22)14(10-13)18(24)25/h3-10,19,22H,1-2H3,(H,24,25)/p-1. The highest BCUT2D eigenvalue weighted by atomic mass is 32.2. The molecule has 3 rings (SSSR count). The van der Waals surface area contributed by atoms with E-state index in [4.69, 9.17) is 5.11 Å². The normalized spacial score (nSPS) is 11.4. The Morgan fingerprint density at radius 3 is 2.39 bits per heavy atom. The minimum absolute atomic E-state index is 0.172. The summed E-state index contributed by atoms with van der Waals surface area (Å²) in [4.78, 5) is 23.5. The van der Waals surface area contributed by atoms with E-state index in [0.29, 0.717) is 11.4 Å². The minimum atomic E-state index is -4.30. The van der Waals surface area contributed by atoms with Crippen molar-refractivity contribution in [3.8, 4) is 11.4 Å². The third-order valence-electron chi connectivity index (χ3n) is 4.28. The first kappa shape index (κ1) is 19.2. The summed E-state index contributed by atoms with van der Waals surface area (Å²) < 4.78 is 30.4. The molecule has 10 heteroatoms. The van der Waals surface area contributed by atoms with Crippen LogP contribution in [0.25, 0.3) is 5.69 Å². The summed E-state index contributed by atoms with van der Waals surface area (Å²) in [5, 5.41) is 20.6. The molecule has 0 saturated heterocycles. The van der Waals surface area contributed by atoms with E-state index in [0.717, 1.165) is 18.2 Å². The van der Waals surface area contributed by atoms with Gasteiger partial charge in [-0.1, -0.05) is 30.0 Å². The Bertz CT molecular complexity index is 1230. The second kappa shape index (κ2) is 6.89. The highest BCUT2D eigenvalue weighted by molar-refractivity contribution is 7.92. The molecule has 0 unspecified atom stereocenters. The number of nitrogens with zero attached hydrogens (tertiary/aromatic N) is 2. The van der Waals surface area contributed by atoms with E-state index in [1.54, 1.807) is 44.3 Å². The van der Waals surface area contributed by atoms with Crippen molar-refractivity contribution in [3.05, 3.63) is 70.1 Å². The van der Waals surface area contributed by atoms with Gasteiger partial charge in [-0.3, -0.25) is 14.2 Å². The number of hydrogen-bond acceptors (Lipinski definition) is 5. The average molecular weight is 402 g/mol. The van der Waals surface area contributed by atoms with Gasteiger partial charge in [-0.25, -0.2) is 17.9 Å². The van der Waals surface area contributed by atoms with E-state index >= 15 is 0 Å². The van der Waals surface area contributed by atoms with Crippen LogP contribution in [0.4, 0.5) is 5.69 Å². The minimum Gasteiger partial charge on any atom is -0.872 e. The first-order chi connectivity index (χ1) is 13.1. The fourth-order valence-corrected chi connectivity index (χ4v) is 3.86. The van der Waals surface area contributed by atoms with Crippen molar-refractivity contribution in [2.75, 3.05) is 4.72 Å². The lowest BCUT2D eigenvalue weighted by molar-refractivity contribution is -0.268. The predicted octanol–water partition coefficient (Wildman–Crippen LogP) is 1.06. The first-order valence-corrected chi connectivity index (χ1v) is 9.53. The molecule has 0 bridgehead atoms. The van der Waals surface area contributed by atoms with Gasteiger partial charge in [-0.15, -0.1) is 0 Å². The lowest BCUT2D eigenvalue weighted by Gasteiger charge is -2.12. The quantitative estimate of drug-likeness (QED) is 0.655. The molecule has 0 radical (unpaired) electrons. The van der Waals surface area contributed by atoms with Crippen molar-refractivity contribution in [2.45, 2.75) is 11.8 Å². The van der Waals surface area contributed by atoms with Crippen LogP contribution in [0.3, 0.4) is 0 Å². The Hall–Kier alpha value is -3.53. The van der Waals surface area contributed by atoms with Gasteiger partial charge in [0, 0.05) is 7.05 Å². The molecule has 0 saturated carbocycles. The van der Waals surface area contributed by atoms with Crippen LogP contribution in [-0.2, 0) is 17.1 Å². The van der Waals surface area contributed by atoms with E-state index in [9.17, 15) is 23.1 Å². The molecule has 0 spiro atoms. The van der Waals surface area contributed by atoms with Crippen LogP contribution in [0.15, 0.2) is 58.2 Å². The van der Waals surface area contributed by atoms with Gasteiger partial charge in [-0.05, 0) is 31.2 Å². The number of anilines is 1. The third kappa shape index (κ3) is 3.25. The molecule has 0 fully saturated rings. The highest BCUT2D eigenvalue weighted by Crippen LogP contribution is 2.22. The Morgan fingerprint density at radius 2 is 1.79 bits per heavy atom. The number of rotatable bonds is 5. The Kier molecular flexibility index (Phi) is 4.73. The van der Waals surface area contributed by atoms with Crippen LogP contribution < -0.4 is 15.4 Å². The second-order valence-corrected chi connectivity index (χ2v) is 7.69. The molecule has 1 aromatic heterocycles. The van der Waals surface area contributed by atoms with Gasteiger partial charge in [0.25, 0.3) is 15.6 Å². The van der Waals surface area contributed by atoms with Crippen molar-refractivity contribution in [1.82, 2.24) is 9.36 Å². The zero-order chi connectivity index (χ0) is 20.6. The van der Waals surface area contributed by atoms with Gasteiger partial charge in [0.2, 0.25) is 0 Å². The number of hydrogen-bond donors (Lipinski definition) is 2. The van der Waals surface area contributed by atoms with Crippen LogP contribution >= 0.6 is 0 Å². The van der Waals surface area contributed by atoms with Crippen molar-refractivity contribution in [3.63, 3.8) is 0 Å². The van der Waals surface area contributed by atoms with E-state index in [-0.39, 0.29) is 5.69 Å². The molecular weight excluding hydrogens is 386 g/mol. The van der Waals surface area contributed by atoms with Crippen molar-refractivity contribution in [2.24, 2.45) is 7.05 Å². The summed E-state index contributed by atoms with van der Waals surface area (Å²) in [6.45, 7) is 1.57. The molecule has 1 heterocycles. The predicted molar refractivity (Wildman–Crippen MR) is 99.4 cm³/mol. The van der Waals surface area contributed by atoms with E-state index in [1.165, 1.54) is 9.36 Å². The molecule has 0 aliphatic carbocycles. The molecule has 0 aliphatic rings. The maximum absolute atomic E-state index is 12.8. The summed E-state index contributed by atoms with van der Waals surface area (Å²) in [5.41, 5.74) is -0.527. The second-order valence-electron chi connectivity index (χ2n) is 6.01. The van der Waals surface area contributed by atoms with Crippen LogP contribution in [0.1, 0.15) is 16.1 Å². The molecule has 146 valence electrons. The number of carboxylic acid groups (broad SMARTS) is 1. The Morgan fingerprint density at radius 1 is 1.14 bits per heavy atom. The molecule has 28 heavy (non-hydrogen) atoms.